The van der Waals surface area contributed by atoms with Gasteiger partial charge in [-0.05, 0) is 31.2 Å². The van der Waals surface area contributed by atoms with Gasteiger partial charge in [-0.3, -0.25) is 14.5 Å². The molecule has 0 bridgehead atoms. The highest BCUT2D eigenvalue weighted by Gasteiger charge is 2.31. The molecular formula is C23H24ClF5N4O2. The van der Waals surface area contributed by atoms with E-state index >= 15 is 0 Å². The van der Waals surface area contributed by atoms with Crippen LogP contribution in [0.4, 0.5) is 33.3 Å². The van der Waals surface area contributed by atoms with Crippen molar-refractivity contribution in [3.63, 3.8) is 0 Å². The van der Waals surface area contributed by atoms with E-state index in [4.69, 9.17) is 11.6 Å². The van der Waals surface area contributed by atoms with Crippen molar-refractivity contribution in [3.05, 3.63) is 58.1 Å². The van der Waals surface area contributed by atoms with E-state index in [1.807, 2.05) is 11.8 Å². The largest absolute Gasteiger partial charge is 0.390 e. The van der Waals surface area contributed by atoms with Crippen LogP contribution in [0, 0.1) is 11.6 Å². The lowest BCUT2D eigenvalue weighted by molar-refractivity contribution is -0.138. The van der Waals surface area contributed by atoms with Gasteiger partial charge in [0.25, 0.3) is 5.91 Å². The molecule has 1 aliphatic rings. The third kappa shape index (κ3) is 6.82. The minimum atomic E-state index is -4.23. The van der Waals surface area contributed by atoms with Crippen molar-refractivity contribution >= 4 is 35.3 Å². The number of alkyl halides is 3. The summed E-state index contributed by atoms with van der Waals surface area (Å²) in [5.41, 5.74) is 0.168. The zero-order valence-electron chi connectivity index (χ0n) is 18.8. The van der Waals surface area contributed by atoms with E-state index in [1.54, 1.807) is 11.0 Å². The maximum Gasteiger partial charge on any atom is 0.390 e. The number of piperazine rings is 1. The molecule has 2 amide bonds. The molecule has 35 heavy (non-hydrogen) atoms. The van der Waals surface area contributed by atoms with E-state index in [0.717, 1.165) is 6.07 Å². The first-order valence-corrected chi connectivity index (χ1v) is 11.2. The van der Waals surface area contributed by atoms with E-state index in [9.17, 15) is 31.5 Å². The quantitative estimate of drug-likeness (QED) is 0.397. The average molecular weight is 519 g/mol. The molecule has 1 saturated heterocycles. The predicted octanol–water partition coefficient (Wildman–Crippen LogP) is 4.58. The number of halogens is 6. The van der Waals surface area contributed by atoms with Crippen LogP contribution >= 0.6 is 11.6 Å². The second-order valence-electron chi connectivity index (χ2n) is 8.22. The average Bonchev–Trinajstić information content (AvgIpc) is 2.79. The topological polar surface area (TPSA) is 64.7 Å². The van der Waals surface area contributed by atoms with Crippen LogP contribution in [0.1, 0.15) is 29.3 Å². The third-order valence-electron chi connectivity index (χ3n) is 5.72. The van der Waals surface area contributed by atoms with Crippen LogP contribution in [0.3, 0.4) is 0 Å². The van der Waals surface area contributed by atoms with Crippen LogP contribution in [-0.2, 0) is 11.3 Å². The summed E-state index contributed by atoms with van der Waals surface area (Å²) in [5, 5.41) is 5.18. The first kappa shape index (κ1) is 26.7. The maximum absolute atomic E-state index is 14.6. The fraction of sp³-hybridized carbons (Fsp3) is 0.391. The summed E-state index contributed by atoms with van der Waals surface area (Å²) >= 11 is 6.16. The number of amides is 2. The van der Waals surface area contributed by atoms with Gasteiger partial charge in [0.05, 0.1) is 23.4 Å². The number of carbonyl (C=O) groups is 2. The van der Waals surface area contributed by atoms with Crippen molar-refractivity contribution in [2.24, 2.45) is 0 Å². The summed E-state index contributed by atoms with van der Waals surface area (Å²) in [6.07, 6.45) is -4.79. The van der Waals surface area contributed by atoms with Gasteiger partial charge in [0.15, 0.2) is 11.6 Å². The standard InChI is InChI=1S/C23H24ClF5N4O2/c1-14-12-32(7-6-23(27,28)29)8-9-33(14)19-10-16(24)3-5-18(19)31-22(35)17-4-2-15(11-30-13-34)20(25)21(17)26/h2-5,10,13-14H,6-9,11-12H2,1H3,(H,30,34)(H,31,35). The Labute approximate surface area is 204 Å². The lowest BCUT2D eigenvalue weighted by Crippen LogP contribution is -2.52. The number of hydrogen-bond acceptors (Lipinski definition) is 4. The van der Waals surface area contributed by atoms with Crippen molar-refractivity contribution in [1.82, 2.24) is 10.2 Å². The summed E-state index contributed by atoms with van der Waals surface area (Å²) in [6.45, 7) is 2.62. The molecule has 0 aliphatic carbocycles. The minimum Gasteiger partial charge on any atom is -0.365 e. The Hall–Kier alpha value is -2.92. The van der Waals surface area contributed by atoms with Gasteiger partial charge in [-0.1, -0.05) is 17.7 Å². The van der Waals surface area contributed by atoms with Gasteiger partial charge < -0.3 is 15.5 Å². The molecule has 12 heteroatoms. The van der Waals surface area contributed by atoms with E-state index in [1.165, 1.54) is 18.2 Å². The normalized spacial score (nSPS) is 16.8. The molecule has 0 aromatic heterocycles. The highest BCUT2D eigenvalue weighted by atomic mass is 35.5. The molecule has 2 N–H and O–H groups in total. The van der Waals surface area contributed by atoms with E-state index in [-0.39, 0.29) is 24.7 Å². The highest BCUT2D eigenvalue weighted by molar-refractivity contribution is 6.31. The fourth-order valence-corrected chi connectivity index (χ4v) is 4.14. The Morgan fingerprint density at radius 1 is 1.17 bits per heavy atom. The first-order chi connectivity index (χ1) is 16.5. The van der Waals surface area contributed by atoms with Crippen LogP contribution in [0.15, 0.2) is 30.3 Å². The minimum absolute atomic E-state index is 0.107. The Bertz CT molecular complexity index is 1080. The third-order valence-corrected chi connectivity index (χ3v) is 5.96. The molecule has 2 aromatic carbocycles. The van der Waals surface area contributed by atoms with Gasteiger partial charge in [-0.2, -0.15) is 13.2 Å². The van der Waals surface area contributed by atoms with Gasteiger partial charge in [0.1, 0.15) is 0 Å². The summed E-state index contributed by atoms with van der Waals surface area (Å²) < 4.78 is 66.6. The van der Waals surface area contributed by atoms with Crippen molar-refractivity contribution < 1.29 is 31.5 Å². The predicted molar refractivity (Wildman–Crippen MR) is 123 cm³/mol. The molecule has 0 saturated carbocycles. The summed E-state index contributed by atoms with van der Waals surface area (Å²) in [4.78, 5) is 26.8. The van der Waals surface area contributed by atoms with Crippen LogP contribution in [0.2, 0.25) is 5.02 Å². The monoisotopic (exact) mass is 518 g/mol. The van der Waals surface area contributed by atoms with E-state index < -0.39 is 35.7 Å². The van der Waals surface area contributed by atoms with Gasteiger partial charge in [-0.25, -0.2) is 8.78 Å². The second-order valence-corrected chi connectivity index (χ2v) is 8.66. The summed E-state index contributed by atoms with van der Waals surface area (Å²) in [7, 11) is 0. The van der Waals surface area contributed by atoms with E-state index in [2.05, 4.69) is 10.6 Å². The lowest BCUT2D eigenvalue weighted by atomic mass is 10.1. The number of nitrogens with zero attached hydrogens (tertiary/aromatic N) is 2. The lowest BCUT2D eigenvalue weighted by Gasteiger charge is -2.42. The zero-order chi connectivity index (χ0) is 25.8. The van der Waals surface area contributed by atoms with Crippen LogP contribution in [0.5, 0.6) is 0 Å². The van der Waals surface area contributed by atoms with Crippen LogP contribution in [-0.4, -0.2) is 55.6 Å². The highest BCUT2D eigenvalue weighted by Crippen LogP contribution is 2.33. The Morgan fingerprint density at radius 2 is 1.91 bits per heavy atom. The number of carbonyl (C=O) groups excluding carboxylic acids is 2. The van der Waals surface area contributed by atoms with Crippen molar-refractivity contribution in [1.29, 1.82) is 0 Å². The van der Waals surface area contributed by atoms with Gasteiger partial charge in [-0.15, -0.1) is 0 Å². The molecule has 1 unspecified atom stereocenters. The molecule has 3 rings (SSSR count). The first-order valence-electron chi connectivity index (χ1n) is 10.8. The molecule has 1 heterocycles. The molecular weight excluding hydrogens is 495 g/mol. The van der Waals surface area contributed by atoms with Crippen LogP contribution in [0.25, 0.3) is 0 Å². The molecule has 1 aliphatic heterocycles. The van der Waals surface area contributed by atoms with Crippen LogP contribution < -0.4 is 15.5 Å². The summed E-state index contributed by atoms with van der Waals surface area (Å²) in [6, 6.07) is 6.77. The van der Waals surface area contributed by atoms with Gasteiger partial charge >= 0.3 is 6.18 Å². The molecule has 0 spiro atoms. The smallest absolute Gasteiger partial charge is 0.365 e. The molecule has 1 fully saturated rings. The Balaban J connectivity index is 1.78. The molecule has 6 nitrogen and oxygen atoms in total. The maximum atomic E-state index is 14.6. The molecule has 0 radical (unpaired) electrons. The zero-order valence-corrected chi connectivity index (χ0v) is 19.5. The summed E-state index contributed by atoms with van der Waals surface area (Å²) in [5.74, 6) is -3.49. The SMILES string of the molecule is CC1CN(CCC(F)(F)F)CCN1c1cc(Cl)ccc1NC(=O)c1ccc(CNC=O)c(F)c1F. The number of rotatable bonds is 8. The Kier molecular flexibility index (Phi) is 8.55. The van der Waals surface area contributed by atoms with Gasteiger partial charge in [0, 0.05) is 49.4 Å². The number of hydrogen-bond donors (Lipinski definition) is 2. The van der Waals surface area contributed by atoms with E-state index in [0.29, 0.717) is 42.4 Å². The fourth-order valence-electron chi connectivity index (χ4n) is 3.97. The molecule has 190 valence electrons. The molecule has 2 aromatic rings. The number of anilines is 2. The van der Waals surface area contributed by atoms with Crippen molar-refractivity contribution in [2.45, 2.75) is 32.1 Å². The number of benzene rings is 2. The molecule has 1 atom stereocenters. The Morgan fingerprint density at radius 3 is 2.57 bits per heavy atom. The number of nitrogens with one attached hydrogen (secondary N) is 2. The van der Waals surface area contributed by atoms with Crippen molar-refractivity contribution in [3.8, 4) is 0 Å². The second kappa shape index (κ2) is 11.2. The van der Waals surface area contributed by atoms with Gasteiger partial charge in [0.2, 0.25) is 6.41 Å². The van der Waals surface area contributed by atoms with Crippen molar-refractivity contribution in [2.75, 3.05) is 36.4 Å².